The van der Waals surface area contributed by atoms with Crippen molar-refractivity contribution in [1.29, 1.82) is 0 Å². The molecule has 42 heavy (non-hydrogen) atoms. The van der Waals surface area contributed by atoms with E-state index in [0.717, 1.165) is 45.1 Å². The third-order valence-corrected chi connectivity index (χ3v) is 8.17. The van der Waals surface area contributed by atoms with Crippen LogP contribution in [0.1, 0.15) is 129 Å². The number of aliphatic hydroxyl groups excluding tert-OH is 5. The van der Waals surface area contributed by atoms with Crippen LogP contribution >= 0.6 is 0 Å². The molecule has 0 spiro atoms. The van der Waals surface area contributed by atoms with Gasteiger partial charge in [-0.05, 0) is 19.4 Å². The summed E-state index contributed by atoms with van der Waals surface area (Å²) in [7, 11) is 0. The van der Waals surface area contributed by atoms with Crippen LogP contribution in [0.5, 0.6) is 0 Å². The highest BCUT2D eigenvalue weighted by atomic mass is 16.7. The lowest BCUT2D eigenvalue weighted by molar-refractivity contribution is -0.302. The van der Waals surface area contributed by atoms with Gasteiger partial charge in [-0.2, -0.15) is 0 Å². The Morgan fingerprint density at radius 1 is 0.762 bits per heavy atom. The molecule has 0 bridgehead atoms. The summed E-state index contributed by atoms with van der Waals surface area (Å²) < 4.78 is 11.1. The molecule has 0 aliphatic carbocycles. The second-order valence-electron chi connectivity index (χ2n) is 12.0. The summed E-state index contributed by atoms with van der Waals surface area (Å²) in [5.74, 6) is -0.179. The van der Waals surface area contributed by atoms with Crippen molar-refractivity contribution in [3.8, 4) is 0 Å². The Hall–Kier alpha value is -0.850. The van der Waals surface area contributed by atoms with Crippen LogP contribution in [0.2, 0.25) is 0 Å². The number of unbranched alkanes of at least 4 members (excludes halogenated alkanes) is 15. The maximum absolute atomic E-state index is 12.7. The molecule has 1 aliphatic heterocycles. The summed E-state index contributed by atoms with van der Waals surface area (Å²) in [6.45, 7) is 4.64. The number of nitrogens with one attached hydrogen (secondary N) is 2. The molecule has 0 aromatic carbocycles. The fraction of sp³-hybridized carbons (Fsp3) is 0.969. The number of rotatable bonds is 27. The maximum Gasteiger partial charge on any atom is 0.220 e. The minimum atomic E-state index is -1.56. The summed E-state index contributed by atoms with van der Waals surface area (Å²) in [6.07, 6.45) is 13.0. The molecular weight excluding hydrogens is 540 g/mol. The Bertz CT molecular complexity index is 642. The molecule has 250 valence electrons. The van der Waals surface area contributed by atoms with E-state index in [1.165, 1.54) is 70.6 Å². The summed E-state index contributed by atoms with van der Waals surface area (Å²) in [4.78, 5) is 12.7. The standard InChI is InChI=1S/C32H64N2O8/c1-3-5-7-8-9-10-11-12-13-14-15-16-17-18-20-28(37)34-25(26(36)22-33-21-19-6-4-2)24-41-32-31(40)30(39)29(38)27(23-35)42-32/h25-27,29-33,35-36,38-40H,3-24H2,1-2H3,(H,34,37)/t25-,26+,27+,29-,30-,31+,32+/m0/s1. The Morgan fingerprint density at radius 2 is 1.29 bits per heavy atom. The Balaban J connectivity index is 2.36. The number of aliphatic hydroxyl groups is 5. The van der Waals surface area contributed by atoms with Crippen LogP contribution in [-0.4, -0.2) is 101 Å². The summed E-state index contributed by atoms with van der Waals surface area (Å²) in [5.41, 5.74) is 0. The van der Waals surface area contributed by atoms with Crippen molar-refractivity contribution < 1.29 is 39.8 Å². The number of hydrogen-bond acceptors (Lipinski definition) is 9. The van der Waals surface area contributed by atoms with Crippen LogP contribution in [-0.2, 0) is 14.3 Å². The molecule has 10 nitrogen and oxygen atoms in total. The molecule has 0 aromatic rings. The number of ether oxygens (including phenoxy) is 2. The first-order valence-electron chi connectivity index (χ1n) is 17.0. The van der Waals surface area contributed by atoms with Gasteiger partial charge in [-0.25, -0.2) is 0 Å². The number of hydrogen-bond donors (Lipinski definition) is 7. The highest BCUT2D eigenvalue weighted by molar-refractivity contribution is 5.76. The van der Waals surface area contributed by atoms with Crippen LogP contribution in [0.4, 0.5) is 0 Å². The second kappa shape index (κ2) is 25.5. The second-order valence-corrected chi connectivity index (χ2v) is 12.0. The van der Waals surface area contributed by atoms with E-state index in [0.29, 0.717) is 6.42 Å². The third-order valence-electron chi connectivity index (χ3n) is 8.17. The molecule has 0 unspecified atom stereocenters. The molecule has 1 heterocycles. The Labute approximate surface area is 255 Å². The molecule has 1 rings (SSSR count). The van der Waals surface area contributed by atoms with Crippen molar-refractivity contribution in [2.45, 2.75) is 172 Å². The fourth-order valence-corrected chi connectivity index (χ4v) is 5.30. The molecule has 0 aromatic heterocycles. The highest BCUT2D eigenvalue weighted by Gasteiger charge is 2.44. The Kier molecular flexibility index (Phi) is 23.8. The van der Waals surface area contributed by atoms with Crippen molar-refractivity contribution in [2.24, 2.45) is 0 Å². The molecular formula is C32H64N2O8. The van der Waals surface area contributed by atoms with Crippen molar-refractivity contribution in [3.05, 3.63) is 0 Å². The molecule has 0 radical (unpaired) electrons. The van der Waals surface area contributed by atoms with Gasteiger partial charge < -0.3 is 45.6 Å². The van der Waals surface area contributed by atoms with Crippen LogP contribution in [0.15, 0.2) is 0 Å². The van der Waals surface area contributed by atoms with Gasteiger partial charge in [0.15, 0.2) is 6.29 Å². The van der Waals surface area contributed by atoms with Gasteiger partial charge in [0.25, 0.3) is 0 Å². The van der Waals surface area contributed by atoms with Gasteiger partial charge in [-0.3, -0.25) is 4.79 Å². The van der Waals surface area contributed by atoms with E-state index in [9.17, 15) is 30.3 Å². The molecule has 1 fully saturated rings. The van der Waals surface area contributed by atoms with Crippen molar-refractivity contribution in [1.82, 2.24) is 10.6 Å². The van der Waals surface area contributed by atoms with E-state index in [1.807, 2.05) is 0 Å². The van der Waals surface area contributed by atoms with Crippen LogP contribution < -0.4 is 10.6 Å². The molecule has 0 saturated carbocycles. The normalized spacial score (nSPS) is 24.0. The third kappa shape index (κ3) is 17.4. The van der Waals surface area contributed by atoms with Crippen molar-refractivity contribution >= 4 is 5.91 Å². The van der Waals surface area contributed by atoms with Crippen molar-refractivity contribution in [3.63, 3.8) is 0 Å². The first kappa shape index (κ1) is 39.2. The largest absolute Gasteiger partial charge is 0.394 e. The topological polar surface area (TPSA) is 161 Å². The van der Waals surface area contributed by atoms with E-state index in [1.54, 1.807) is 0 Å². The molecule has 1 saturated heterocycles. The molecule has 1 aliphatic rings. The van der Waals surface area contributed by atoms with E-state index >= 15 is 0 Å². The van der Waals surface area contributed by atoms with Gasteiger partial charge in [0.1, 0.15) is 24.4 Å². The zero-order valence-corrected chi connectivity index (χ0v) is 26.6. The lowest BCUT2D eigenvalue weighted by Gasteiger charge is -2.40. The summed E-state index contributed by atoms with van der Waals surface area (Å²) >= 11 is 0. The maximum atomic E-state index is 12.7. The first-order valence-corrected chi connectivity index (χ1v) is 17.0. The summed E-state index contributed by atoms with van der Waals surface area (Å²) in [5, 5.41) is 56.6. The van der Waals surface area contributed by atoms with E-state index in [4.69, 9.17) is 9.47 Å². The minimum absolute atomic E-state index is 0.176. The minimum Gasteiger partial charge on any atom is -0.394 e. The number of amides is 1. The number of carbonyl (C=O) groups excluding carboxylic acids is 1. The van der Waals surface area contributed by atoms with Gasteiger partial charge >= 0.3 is 0 Å². The molecule has 10 heteroatoms. The predicted molar refractivity (Wildman–Crippen MR) is 165 cm³/mol. The van der Waals surface area contributed by atoms with Gasteiger partial charge in [0.2, 0.25) is 5.91 Å². The SMILES string of the molecule is CCCCCCCCCCCCCCCCC(=O)N[C@@H](CO[C@@H]1O[C@H](CO)[C@H](O)[C@H](O)[C@H]1O)[C@H](O)CNCCCCC. The highest BCUT2D eigenvalue weighted by Crippen LogP contribution is 2.22. The van der Waals surface area contributed by atoms with Gasteiger partial charge in [0, 0.05) is 13.0 Å². The molecule has 7 atom stereocenters. The Morgan fingerprint density at radius 3 is 1.83 bits per heavy atom. The number of carbonyl (C=O) groups is 1. The van der Waals surface area contributed by atoms with Gasteiger partial charge in [0.05, 0.1) is 25.4 Å². The zero-order valence-electron chi connectivity index (χ0n) is 26.6. The van der Waals surface area contributed by atoms with E-state index < -0.39 is 49.5 Å². The average molecular weight is 605 g/mol. The van der Waals surface area contributed by atoms with Crippen LogP contribution in [0.3, 0.4) is 0 Å². The fourth-order valence-electron chi connectivity index (χ4n) is 5.30. The quantitative estimate of drug-likeness (QED) is 0.0698. The van der Waals surface area contributed by atoms with E-state index in [2.05, 4.69) is 24.5 Å². The van der Waals surface area contributed by atoms with Gasteiger partial charge in [-0.15, -0.1) is 0 Å². The smallest absolute Gasteiger partial charge is 0.220 e. The molecule has 7 N–H and O–H groups in total. The summed E-state index contributed by atoms with van der Waals surface area (Å²) in [6, 6.07) is -0.768. The lowest BCUT2D eigenvalue weighted by Crippen LogP contribution is -2.60. The monoisotopic (exact) mass is 604 g/mol. The van der Waals surface area contributed by atoms with E-state index in [-0.39, 0.29) is 19.1 Å². The lowest BCUT2D eigenvalue weighted by atomic mass is 9.99. The van der Waals surface area contributed by atoms with Gasteiger partial charge in [-0.1, -0.05) is 110 Å². The van der Waals surface area contributed by atoms with Crippen LogP contribution in [0, 0.1) is 0 Å². The van der Waals surface area contributed by atoms with Crippen molar-refractivity contribution in [2.75, 3.05) is 26.3 Å². The molecule has 1 amide bonds. The first-order chi connectivity index (χ1) is 20.3. The van der Waals surface area contributed by atoms with Crippen LogP contribution in [0.25, 0.3) is 0 Å². The zero-order chi connectivity index (χ0) is 31.0. The predicted octanol–water partition coefficient (Wildman–Crippen LogP) is 3.30. The average Bonchev–Trinajstić information content (AvgIpc) is 2.98.